The lowest BCUT2D eigenvalue weighted by Crippen LogP contribution is -2.35. The Labute approximate surface area is 173 Å². The van der Waals surface area contributed by atoms with E-state index in [1.807, 2.05) is 0 Å². The number of thiazole rings is 1. The van der Waals surface area contributed by atoms with Crippen LogP contribution < -0.4 is 14.8 Å². The minimum atomic E-state index is -3.85. The molecular formula is C19H23N3O5S2. The van der Waals surface area contributed by atoms with E-state index in [-0.39, 0.29) is 11.4 Å². The average Bonchev–Trinajstić information content (AvgIpc) is 2.94. The van der Waals surface area contributed by atoms with Crippen molar-refractivity contribution < 1.29 is 22.7 Å². The number of rotatable bonds is 5. The van der Waals surface area contributed by atoms with Gasteiger partial charge in [-0.1, -0.05) is 0 Å². The average molecular weight is 438 g/mol. The summed E-state index contributed by atoms with van der Waals surface area (Å²) in [6.07, 6.45) is 4.90. The number of aromatic nitrogens is 1. The van der Waals surface area contributed by atoms with Crippen LogP contribution >= 0.6 is 11.3 Å². The van der Waals surface area contributed by atoms with Crippen molar-refractivity contribution in [2.45, 2.75) is 37.0 Å². The Morgan fingerprint density at radius 3 is 2.72 bits per heavy atom. The van der Waals surface area contributed by atoms with E-state index in [1.165, 1.54) is 35.4 Å². The van der Waals surface area contributed by atoms with Crippen LogP contribution in [-0.2, 0) is 27.7 Å². The number of carbonyl (C=O) groups excluding carboxylic acids is 1. The number of sulfonamides is 1. The van der Waals surface area contributed by atoms with Crippen molar-refractivity contribution in [3.8, 4) is 11.5 Å². The summed E-state index contributed by atoms with van der Waals surface area (Å²) in [5.74, 6) is 0.501. The first-order chi connectivity index (χ1) is 13.9. The number of carbonyl (C=O) groups is 1. The molecule has 0 spiro atoms. The SMILES string of the molecule is CN(CC(=O)Nc1nc2c(s1)CCCC2)S(=O)(=O)c1ccc2c(c1)OCCCO2. The quantitative estimate of drug-likeness (QED) is 0.772. The van der Waals surface area contributed by atoms with Crippen molar-refractivity contribution in [2.75, 3.05) is 32.1 Å². The van der Waals surface area contributed by atoms with E-state index in [2.05, 4.69) is 10.3 Å². The van der Waals surface area contributed by atoms with E-state index in [1.54, 1.807) is 6.07 Å². The molecule has 2 aromatic rings. The Kier molecular flexibility index (Phi) is 5.75. The predicted octanol–water partition coefficient (Wildman–Crippen LogP) is 2.44. The third-order valence-electron chi connectivity index (χ3n) is 4.89. The summed E-state index contributed by atoms with van der Waals surface area (Å²) in [4.78, 5) is 18.1. The molecule has 2 heterocycles. The molecule has 10 heteroatoms. The van der Waals surface area contributed by atoms with Crippen LogP contribution in [-0.4, -0.2) is 50.4 Å². The van der Waals surface area contributed by atoms with Crippen LogP contribution in [0.1, 0.15) is 29.8 Å². The summed E-state index contributed by atoms with van der Waals surface area (Å²) in [5.41, 5.74) is 1.05. The fourth-order valence-corrected chi connectivity index (χ4v) is 5.54. The summed E-state index contributed by atoms with van der Waals surface area (Å²) in [7, 11) is -2.47. The van der Waals surface area contributed by atoms with E-state index in [9.17, 15) is 13.2 Å². The lowest BCUT2D eigenvalue weighted by atomic mass is 10.0. The highest BCUT2D eigenvalue weighted by Crippen LogP contribution is 2.33. The predicted molar refractivity (Wildman–Crippen MR) is 109 cm³/mol. The van der Waals surface area contributed by atoms with Crippen LogP contribution in [0.15, 0.2) is 23.1 Å². The fourth-order valence-electron chi connectivity index (χ4n) is 3.34. The lowest BCUT2D eigenvalue weighted by molar-refractivity contribution is -0.116. The van der Waals surface area contributed by atoms with Gasteiger partial charge in [-0.2, -0.15) is 4.31 Å². The molecule has 2 aliphatic rings. The number of benzene rings is 1. The number of likely N-dealkylation sites (N-methyl/N-ethyl adjacent to an activating group) is 1. The van der Waals surface area contributed by atoms with Crippen LogP contribution in [0.25, 0.3) is 0 Å². The highest BCUT2D eigenvalue weighted by Gasteiger charge is 2.26. The van der Waals surface area contributed by atoms with Crippen LogP contribution in [0.3, 0.4) is 0 Å². The maximum Gasteiger partial charge on any atom is 0.243 e. The minimum Gasteiger partial charge on any atom is -0.490 e. The second kappa shape index (κ2) is 8.29. The number of ether oxygens (including phenoxy) is 2. The Bertz CT molecular complexity index is 995. The molecule has 1 aromatic heterocycles. The molecule has 0 saturated carbocycles. The molecule has 0 saturated heterocycles. The van der Waals surface area contributed by atoms with Gasteiger partial charge in [0.2, 0.25) is 15.9 Å². The number of hydrogen-bond acceptors (Lipinski definition) is 7. The number of amides is 1. The first kappa shape index (κ1) is 20.1. The Morgan fingerprint density at radius 1 is 1.17 bits per heavy atom. The number of hydrogen-bond donors (Lipinski definition) is 1. The van der Waals surface area contributed by atoms with Gasteiger partial charge in [-0.05, 0) is 37.8 Å². The van der Waals surface area contributed by atoms with Crippen LogP contribution in [0, 0.1) is 0 Å². The van der Waals surface area contributed by atoms with Crippen LogP contribution in [0.4, 0.5) is 5.13 Å². The summed E-state index contributed by atoms with van der Waals surface area (Å²) in [6, 6.07) is 4.49. The van der Waals surface area contributed by atoms with Gasteiger partial charge in [0.15, 0.2) is 16.6 Å². The van der Waals surface area contributed by atoms with E-state index in [0.717, 1.165) is 42.1 Å². The van der Waals surface area contributed by atoms with Crippen LogP contribution in [0.2, 0.25) is 0 Å². The van der Waals surface area contributed by atoms with Gasteiger partial charge in [0.05, 0.1) is 30.3 Å². The standard InChI is InChI=1S/C19H23N3O5S2/c1-22(12-18(23)21-19-20-14-5-2-3-6-17(14)28-19)29(24,25)13-7-8-15-16(11-13)27-10-4-9-26-15/h7-8,11H,2-6,9-10,12H2,1H3,(H,20,21,23). The van der Waals surface area contributed by atoms with Crippen molar-refractivity contribution in [1.29, 1.82) is 0 Å². The van der Waals surface area contributed by atoms with Gasteiger partial charge in [0.1, 0.15) is 0 Å². The van der Waals surface area contributed by atoms with Gasteiger partial charge in [-0.3, -0.25) is 4.79 Å². The summed E-state index contributed by atoms with van der Waals surface area (Å²) >= 11 is 1.47. The monoisotopic (exact) mass is 437 g/mol. The molecule has 1 aliphatic carbocycles. The van der Waals surface area contributed by atoms with Crippen molar-refractivity contribution in [3.63, 3.8) is 0 Å². The molecule has 4 rings (SSSR count). The molecule has 1 aromatic carbocycles. The molecule has 0 radical (unpaired) electrons. The topological polar surface area (TPSA) is 97.8 Å². The maximum absolute atomic E-state index is 12.9. The Hall–Kier alpha value is -2.17. The molecule has 1 amide bonds. The van der Waals surface area contributed by atoms with Crippen molar-refractivity contribution in [2.24, 2.45) is 0 Å². The normalized spacial score (nSPS) is 16.2. The zero-order chi connectivity index (χ0) is 20.4. The maximum atomic E-state index is 12.9. The molecular weight excluding hydrogens is 414 g/mol. The van der Waals surface area contributed by atoms with Gasteiger partial charge in [-0.15, -0.1) is 11.3 Å². The molecule has 0 bridgehead atoms. The minimum absolute atomic E-state index is 0.0572. The summed E-state index contributed by atoms with van der Waals surface area (Å²) in [6.45, 7) is 0.687. The van der Waals surface area contributed by atoms with E-state index in [0.29, 0.717) is 29.8 Å². The number of anilines is 1. The first-order valence-corrected chi connectivity index (χ1v) is 11.8. The highest BCUT2D eigenvalue weighted by atomic mass is 32.2. The van der Waals surface area contributed by atoms with Crippen molar-refractivity contribution in [1.82, 2.24) is 9.29 Å². The molecule has 1 aliphatic heterocycles. The van der Waals surface area contributed by atoms with E-state index in [4.69, 9.17) is 9.47 Å². The van der Waals surface area contributed by atoms with Crippen molar-refractivity contribution in [3.05, 3.63) is 28.8 Å². The van der Waals surface area contributed by atoms with Gasteiger partial charge in [0, 0.05) is 24.4 Å². The van der Waals surface area contributed by atoms with E-state index < -0.39 is 15.9 Å². The Balaban J connectivity index is 1.44. The van der Waals surface area contributed by atoms with Crippen molar-refractivity contribution >= 4 is 32.4 Å². The van der Waals surface area contributed by atoms with Gasteiger partial charge >= 0.3 is 0 Å². The van der Waals surface area contributed by atoms with Gasteiger partial charge < -0.3 is 14.8 Å². The Morgan fingerprint density at radius 2 is 1.93 bits per heavy atom. The zero-order valence-electron chi connectivity index (χ0n) is 16.1. The smallest absolute Gasteiger partial charge is 0.243 e. The zero-order valence-corrected chi connectivity index (χ0v) is 17.8. The number of nitrogens with one attached hydrogen (secondary N) is 1. The molecule has 1 N–H and O–H groups in total. The third kappa shape index (κ3) is 4.39. The van der Waals surface area contributed by atoms with Gasteiger partial charge in [-0.25, -0.2) is 13.4 Å². The number of fused-ring (bicyclic) bond motifs is 2. The fraction of sp³-hybridized carbons (Fsp3) is 0.474. The largest absolute Gasteiger partial charge is 0.490 e. The van der Waals surface area contributed by atoms with Crippen LogP contribution in [0.5, 0.6) is 11.5 Å². The first-order valence-electron chi connectivity index (χ1n) is 9.58. The molecule has 0 unspecified atom stereocenters. The third-order valence-corrected chi connectivity index (χ3v) is 7.76. The molecule has 8 nitrogen and oxygen atoms in total. The summed E-state index contributed by atoms with van der Waals surface area (Å²) in [5, 5.41) is 3.26. The summed E-state index contributed by atoms with van der Waals surface area (Å²) < 4.78 is 37.9. The molecule has 29 heavy (non-hydrogen) atoms. The second-order valence-electron chi connectivity index (χ2n) is 7.06. The second-order valence-corrected chi connectivity index (χ2v) is 10.2. The van der Waals surface area contributed by atoms with E-state index >= 15 is 0 Å². The molecule has 0 atom stereocenters. The molecule has 0 fully saturated rings. The lowest BCUT2D eigenvalue weighted by Gasteiger charge is -2.17. The molecule has 156 valence electrons. The number of nitrogens with zero attached hydrogens (tertiary/aromatic N) is 2. The van der Waals surface area contributed by atoms with Gasteiger partial charge in [0.25, 0.3) is 0 Å². The highest BCUT2D eigenvalue weighted by molar-refractivity contribution is 7.89. The number of aryl methyl sites for hydroxylation is 2.